The molecular weight excluding hydrogens is 304 g/mol. The first-order valence-electron chi connectivity index (χ1n) is 8.26. The van der Waals surface area contributed by atoms with E-state index in [4.69, 9.17) is 0 Å². The molecule has 0 spiro atoms. The molecule has 0 saturated carbocycles. The number of amides is 1. The van der Waals surface area contributed by atoms with Crippen LogP contribution in [-0.4, -0.2) is 48.9 Å². The quantitative estimate of drug-likeness (QED) is 0.797. The summed E-state index contributed by atoms with van der Waals surface area (Å²) in [5, 5.41) is 12.1. The van der Waals surface area contributed by atoms with E-state index < -0.39 is 0 Å². The summed E-state index contributed by atoms with van der Waals surface area (Å²) in [7, 11) is 0. The van der Waals surface area contributed by atoms with Crippen molar-refractivity contribution >= 4 is 16.9 Å². The molecule has 1 atom stereocenters. The fraction of sp³-hybridized carbons (Fsp3) is 0.412. The second-order valence-electron chi connectivity index (χ2n) is 6.44. The third kappa shape index (κ3) is 2.89. The SMILES string of the molecule is Cc1cnn(CC(=O)N2CCC[C@@H](c3ccc4cn[nH]c4n3)C2)c1. The van der Waals surface area contributed by atoms with E-state index in [1.807, 2.05) is 30.2 Å². The smallest absolute Gasteiger partial charge is 0.244 e. The van der Waals surface area contributed by atoms with Gasteiger partial charge in [0.2, 0.25) is 5.91 Å². The molecule has 7 nitrogen and oxygen atoms in total. The van der Waals surface area contributed by atoms with E-state index in [0.29, 0.717) is 13.1 Å². The Hall–Kier alpha value is -2.70. The van der Waals surface area contributed by atoms with E-state index in [1.54, 1.807) is 17.1 Å². The molecule has 1 N–H and O–H groups in total. The summed E-state index contributed by atoms with van der Waals surface area (Å²) in [6, 6.07) is 4.09. The Balaban J connectivity index is 1.47. The molecule has 0 unspecified atom stereocenters. The van der Waals surface area contributed by atoms with Crippen molar-refractivity contribution < 1.29 is 4.79 Å². The van der Waals surface area contributed by atoms with Crippen molar-refractivity contribution in [2.24, 2.45) is 0 Å². The van der Waals surface area contributed by atoms with Crippen molar-refractivity contribution in [1.29, 1.82) is 0 Å². The third-order valence-corrected chi connectivity index (χ3v) is 4.57. The largest absolute Gasteiger partial charge is 0.340 e. The van der Waals surface area contributed by atoms with E-state index in [-0.39, 0.29) is 11.8 Å². The number of rotatable bonds is 3. The summed E-state index contributed by atoms with van der Waals surface area (Å²) in [5.41, 5.74) is 2.90. The van der Waals surface area contributed by atoms with Crippen molar-refractivity contribution in [1.82, 2.24) is 29.9 Å². The number of piperidine rings is 1. The number of hydrogen-bond donors (Lipinski definition) is 1. The summed E-state index contributed by atoms with van der Waals surface area (Å²) in [6.07, 6.45) is 7.49. The fourth-order valence-electron chi connectivity index (χ4n) is 3.31. The number of aromatic nitrogens is 5. The Morgan fingerprint density at radius 2 is 2.29 bits per heavy atom. The minimum absolute atomic E-state index is 0.116. The van der Waals surface area contributed by atoms with E-state index in [1.165, 1.54) is 0 Å². The second kappa shape index (κ2) is 6.07. The Morgan fingerprint density at radius 3 is 3.12 bits per heavy atom. The molecule has 0 radical (unpaired) electrons. The number of aromatic amines is 1. The van der Waals surface area contributed by atoms with Crippen LogP contribution >= 0.6 is 0 Å². The first kappa shape index (κ1) is 14.9. The van der Waals surface area contributed by atoms with Gasteiger partial charge in [-0.2, -0.15) is 10.2 Å². The average molecular weight is 324 g/mol. The monoisotopic (exact) mass is 324 g/mol. The first-order chi connectivity index (χ1) is 11.7. The predicted molar refractivity (Wildman–Crippen MR) is 89.4 cm³/mol. The molecule has 7 heteroatoms. The lowest BCUT2D eigenvalue weighted by atomic mass is 9.94. The highest BCUT2D eigenvalue weighted by molar-refractivity contribution is 5.76. The number of H-pyrrole nitrogens is 1. The lowest BCUT2D eigenvalue weighted by Gasteiger charge is -2.32. The highest BCUT2D eigenvalue weighted by atomic mass is 16.2. The molecule has 0 aliphatic carbocycles. The van der Waals surface area contributed by atoms with E-state index in [2.05, 4.69) is 20.3 Å². The Kier molecular flexibility index (Phi) is 3.76. The van der Waals surface area contributed by atoms with Gasteiger partial charge in [-0.3, -0.25) is 14.6 Å². The number of pyridine rings is 1. The maximum Gasteiger partial charge on any atom is 0.244 e. The molecule has 1 fully saturated rings. The maximum atomic E-state index is 12.6. The van der Waals surface area contributed by atoms with Gasteiger partial charge in [0.25, 0.3) is 0 Å². The zero-order chi connectivity index (χ0) is 16.5. The van der Waals surface area contributed by atoms with Crippen LogP contribution in [0.4, 0.5) is 0 Å². The summed E-state index contributed by atoms with van der Waals surface area (Å²) in [6.45, 7) is 3.79. The number of carbonyl (C=O) groups excluding carboxylic acids is 1. The summed E-state index contributed by atoms with van der Waals surface area (Å²) in [4.78, 5) is 19.2. The van der Waals surface area contributed by atoms with Gasteiger partial charge in [-0.05, 0) is 37.5 Å². The van der Waals surface area contributed by atoms with Crippen molar-refractivity contribution in [2.45, 2.75) is 32.2 Å². The van der Waals surface area contributed by atoms with Crippen LogP contribution in [0.1, 0.15) is 30.0 Å². The standard InChI is InChI=1S/C17H20N6O/c1-12-7-19-23(9-12)11-16(24)22-6-2-3-14(10-22)15-5-4-13-8-18-21-17(13)20-15/h4-5,7-9,14H,2-3,6,10-11H2,1H3,(H,18,20,21)/t14-/m1/s1. The minimum Gasteiger partial charge on any atom is -0.340 e. The van der Waals surface area contributed by atoms with Crippen molar-refractivity contribution in [3.8, 4) is 0 Å². The van der Waals surface area contributed by atoms with Gasteiger partial charge in [-0.1, -0.05) is 0 Å². The lowest BCUT2D eigenvalue weighted by Crippen LogP contribution is -2.41. The molecule has 3 aromatic rings. The third-order valence-electron chi connectivity index (χ3n) is 4.57. The van der Waals surface area contributed by atoms with Gasteiger partial charge in [0.1, 0.15) is 6.54 Å². The average Bonchev–Trinajstić information content (AvgIpc) is 3.23. The second-order valence-corrected chi connectivity index (χ2v) is 6.44. The molecule has 1 amide bonds. The predicted octanol–water partition coefficient (Wildman–Crippen LogP) is 1.87. The highest BCUT2D eigenvalue weighted by Gasteiger charge is 2.26. The number of hydrogen-bond acceptors (Lipinski definition) is 4. The van der Waals surface area contributed by atoms with Gasteiger partial charge in [0.05, 0.1) is 12.4 Å². The molecule has 1 saturated heterocycles. The van der Waals surface area contributed by atoms with Crippen molar-refractivity contribution in [3.05, 3.63) is 42.0 Å². The summed E-state index contributed by atoms with van der Waals surface area (Å²) in [5.74, 6) is 0.389. The lowest BCUT2D eigenvalue weighted by molar-refractivity contribution is -0.133. The van der Waals surface area contributed by atoms with Gasteiger partial charge in [-0.15, -0.1) is 0 Å². The number of aryl methyl sites for hydroxylation is 1. The van der Waals surface area contributed by atoms with Gasteiger partial charge in [0.15, 0.2) is 5.65 Å². The molecule has 3 aromatic heterocycles. The molecule has 24 heavy (non-hydrogen) atoms. The highest BCUT2D eigenvalue weighted by Crippen LogP contribution is 2.26. The van der Waals surface area contributed by atoms with E-state index in [0.717, 1.165) is 41.7 Å². The minimum atomic E-state index is 0.116. The number of likely N-dealkylation sites (tertiary alicyclic amines) is 1. The van der Waals surface area contributed by atoms with Crippen LogP contribution < -0.4 is 0 Å². The van der Waals surface area contributed by atoms with Crippen LogP contribution in [0.25, 0.3) is 11.0 Å². The molecular formula is C17H20N6O. The molecule has 1 aliphatic rings. The number of nitrogens with one attached hydrogen (secondary N) is 1. The van der Waals surface area contributed by atoms with Gasteiger partial charge < -0.3 is 4.90 Å². The van der Waals surface area contributed by atoms with E-state index >= 15 is 0 Å². The molecule has 4 heterocycles. The normalized spacial score (nSPS) is 18.2. The molecule has 1 aliphatic heterocycles. The Labute approximate surface area is 139 Å². The number of carbonyl (C=O) groups is 1. The molecule has 0 bridgehead atoms. The van der Waals surface area contributed by atoms with Crippen LogP contribution in [0, 0.1) is 6.92 Å². The summed E-state index contributed by atoms with van der Waals surface area (Å²) < 4.78 is 1.70. The van der Waals surface area contributed by atoms with Crippen LogP contribution in [0.5, 0.6) is 0 Å². The van der Waals surface area contributed by atoms with Gasteiger partial charge >= 0.3 is 0 Å². The zero-order valence-electron chi connectivity index (χ0n) is 13.6. The van der Waals surface area contributed by atoms with Gasteiger partial charge in [0, 0.05) is 36.3 Å². The summed E-state index contributed by atoms with van der Waals surface area (Å²) >= 11 is 0. The van der Waals surface area contributed by atoms with Crippen LogP contribution in [-0.2, 0) is 11.3 Å². The van der Waals surface area contributed by atoms with Crippen LogP contribution in [0.2, 0.25) is 0 Å². The van der Waals surface area contributed by atoms with E-state index in [9.17, 15) is 4.79 Å². The zero-order valence-corrected chi connectivity index (χ0v) is 13.6. The number of fused-ring (bicyclic) bond motifs is 1. The Bertz CT molecular complexity index is 867. The molecule has 4 rings (SSSR count). The number of nitrogens with zero attached hydrogens (tertiary/aromatic N) is 5. The first-order valence-corrected chi connectivity index (χ1v) is 8.26. The van der Waals surface area contributed by atoms with Crippen LogP contribution in [0.15, 0.2) is 30.7 Å². The molecule has 0 aromatic carbocycles. The fourth-order valence-corrected chi connectivity index (χ4v) is 3.31. The topological polar surface area (TPSA) is 79.7 Å². The Morgan fingerprint density at radius 1 is 1.38 bits per heavy atom. The van der Waals surface area contributed by atoms with Crippen LogP contribution in [0.3, 0.4) is 0 Å². The maximum absolute atomic E-state index is 12.6. The van der Waals surface area contributed by atoms with Gasteiger partial charge in [-0.25, -0.2) is 4.98 Å². The van der Waals surface area contributed by atoms with Crippen molar-refractivity contribution in [2.75, 3.05) is 13.1 Å². The molecule has 124 valence electrons. The van der Waals surface area contributed by atoms with Crippen molar-refractivity contribution in [3.63, 3.8) is 0 Å².